The van der Waals surface area contributed by atoms with Crippen LogP contribution in [0.4, 0.5) is 4.79 Å². The average Bonchev–Trinajstić information content (AvgIpc) is 2.98. The number of amides is 1. The van der Waals surface area contributed by atoms with Gasteiger partial charge in [-0.05, 0) is 85.9 Å². The summed E-state index contributed by atoms with van der Waals surface area (Å²) in [6.07, 6.45) is 11.2. The van der Waals surface area contributed by atoms with Crippen LogP contribution in [0.1, 0.15) is 58.4 Å². The van der Waals surface area contributed by atoms with E-state index in [1.807, 2.05) is 48.5 Å². The second-order valence-electron chi connectivity index (χ2n) is 9.25. The van der Waals surface area contributed by atoms with Crippen molar-refractivity contribution >= 4 is 44.8 Å². The van der Waals surface area contributed by atoms with Gasteiger partial charge in [-0.1, -0.05) is 17.7 Å². The second kappa shape index (κ2) is 7.62. The summed E-state index contributed by atoms with van der Waals surface area (Å²) >= 11 is 9.89. The van der Waals surface area contributed by atoms with E-state index in [1.165, 1.54) is 5.57 Å². The molecule has 0 N–H and O–H groups in total. The van der Waals surface area contributed by atoms with Crippen molar-refractivity contribution in [2.24, 2.45) is 5.41 Å². The Balaban J connectivity index is 1.45. The van der Waals surface area contributed by atoms with Gasteiger partial charge >= 0.3 is 6.09 Å². The molecular formula is C22H27BrClN3O2. The highest BCUT2D eigenvalue weighted by atomic mass is 79.9. The smallest absolute Gasteiger partial charge is 0.410 e. The van der Waals surface area contributed by atoms with E-state index in [4.69, 9.17) is 16.3 Å². The van der Waals surface area contributed by atoms with Gasteiger partial charge in [0.05, 0.1) is 4.47 Å². The summed E-state index contributed by atoms with van der Waals surface area (Å²) in [6.45, 7) is 7.28. The van der Waals surface area contributed by atoms with E-state index in [0.717, 1.165) is 60.9 Å². The lowest BCUT2D eigenvalue weighted by molar-refractivity contribution is 0.00896. The number of hydrogen-bond donors (Lipinski definition) is 0. The summed E-state index contributed by atoms with van der Waals surface area (Å²) in [5, 5.41) is 0.677. The molecule has 4 rings (SSSR count). The molecule has 1 saturated heterocycles. The zero-order valence-electron chi connectivity index (χ0n) is 17.2. The molecule has 0 radical (unpaired) electrons. The summed E-state index contributed by atoms with van der Waals surface area (Å²) in [5.74, 6) is 0. The fourth-order valence-electron chi connectivity index (χ4n) is 4.39. The van der Waals surface area contributed by atoms with E-state index in [1.54, 1.807) is 0 Å². The van der Waals surface area contributed by atoms with Crippen LogP contribution in [0.5, 0.6) is 0 Å². The van der Waals surface area contributed by atoms with Crippen LogP contribution in [0.25, 0.3) is 11.2 Å². The molecular weight excluding hydrogens is 454 g/mol. The molecule has 1 fully saturated rings. The van der Waals surface area contributed by atoms with Crippen LogP contribution in [0, 0.1) is 5.41 Å². The second-order valence-corrected chi connectivity index (χ2v) is 10.6. The van der Waals surface area contributed by atoms with Crippen molar-refractivity contribution in [3.05, 3.63) is 39.7 Å². The molecule has 7 heteroatoms. The van der Waals surface area contributed by atoms with Crippen LogP contribution in [0.15, 0.2) is 29.0 Å². The molecule has 29 heavy (non-hydrogen) atoms. The molecule has 1 amide bonds. The molecule has 0 unspecified atom stereocenters. The Morgan fingerprint density at radius 3 is 2.62 bits per heavy atom. The minimum Gasteiger partial charge on any atom is -0.444 e. The Kier molecular flexibility index (Phi) is 5.45. The monoisotopic (exact) mass is 479 g/mol. The number of fused-ring (bicyclic) bond motifs is 1. The van der Waals surface area contributed by atoms with Gasteiger partial charge in [0, 0.05) is 31.0 Å². The van der Waals surface area contributed by atoms with Gasteiger partial charge in [0.2, 0.25) is 0 Å². The maximum Gasteiger partial charge on any atom is 0.410 e. The van der Waals surface area contributed by atoms with Crippen molar-refractivity contribution in [1.82, 2.24) is 14.3 Å². The van der Waals surface area contributed by atoms with Crippen LogP contribution < -0.4 is 0 Å². The molecule has 156 valence electrons. The fourth-order valence-corrected chi connectivity index (χ4v) is 4.93. The number of hydrogen-bond acceptors (Lipinski definition) is 3. The summed E-state index contributed by atoms with van der Waals surface area (Å²) < 4.78 is 8.36. The van der Waals surface area contributed by atoms with Crippen molar-refractivity contribution in [2.75, 3.05) is 13.1 Å². The van der Waals surface area contributed by atoms with Crippen molar-refractivity contribution < 1.29 is 9.53 Å². The molecule has 1 aliphatic heterocycles. The third-order valence-electron chi connectivity index (χ3n) is 6.05. The van der Waals surface area contributed by atoms with Gasteiger partial charge in [-0.15, -0.1) is 0 Å². The lowest BCUT2D eigenvalue weighted by atomic mass is 9.68. The molecule has 0 saturated carbocycles. The zero-order valence-corrected chi connectivity index (χ0v) is 19.5. The van der Waals surface area contributed by atoms with Crippen LogP contribution in [0.3, 0.4) is 0 Å². The van der Waals surface area contributed by atoms with E-state index in [-0.39, 0.29) is 11.5 Å². The summed E-state index contributed by atoms with van der Waals surface area (Å²) in [6, 6.07) is 2.02. The molecule has 2 aromatic heterocycles. The number of ether oxygens (including phenoxy) is 1. The van der Waals surface area contributed by atoms with Crippen LogP contribution in [-0.2, 0) is 4.74 Å². The highest BCUT2D eigenvalue weighted by Gasteiger charge is 2.38. The van der Waals surface area contributed by atoms with Crippen molar-refractivity contribution in [1.29, 1.82) is 0 Å². The molecule has 0 atom stereocenters. The maximum absolute atomic E-state index is 12.3. The van der Waals surface area contributed by atoms with Crippen LogP contribution >= 0.6 is 27.5 Å². The average molecular weight is 481 g/mol. The topological polar surface area (TPSA) is 46.8 Å². The molecule has 1 aliphatic carbocycles. The van der Waals surface area contributed by atoms with E-state index in [0.29, 0.717) is 5.15 Å². The van der Waals surface area contributed by atoms with Gasteiger partial charge in [0.15, 0.2) is 0 Å². The minimum atomic E-state index is -0.445. The van der Waals surface area contributed by atoms with E-state index in [9.17, 15) is 4.79 Å². The maximum atomic E-state index is 12.3. The lowest BCUT2D eigenvalue weighted by Crippen LogP contribution is -2.45. The number of piperidine rings is 1. The fraction of sp³-hybridized carbons (Fsp3) is 0.545. The molecule has 5 nitrogen and oxygen atoms in total. The lowest BCUT2D eigenvalue weighted by Gasteiger charge is -2.43. The normalized spacial score (nSPS) is 19.5. The Labute approximate surface area is 185 Å². The third-order valence-corrected chi connectivity index (χ3v) is 6.75. The van der Waals surface area contributed by atoms with Gasteiger partial charge in [0.25, 0.3) is 0 Å². The predicted molar refractivity (Wildman–Crippen MR) is 119 cm³/mol. The Hall–Kier alpha value is -1.53. The first kappa shape index (κ1) is 20.7. The van der Waals surface area contributed by atoms with Crippen molar-refractivity contribution in [3.8, 4) is 0 Å². The largest absolute Gasteiger partial charge is 0.444 e. The van der Waals surface area contributed by atoms with Gasteiger partial charge < -0.3 is 9.64 Å². The molecule has 1 spiro atoms. The van der Waals surface area contributed by atoms with E-state index < -0.39 is 5.60 Å². The number of likely N-dealkylation sites (tertiary alicyclic amines) is 1. The summed E-state index contributed by atoms with van der Waals surface area (Å²) in [7, 11) is 0. The summed E-state index contributed by atoms with van der Waals surface area (Å²) in [5.41, 5.74) is 3.20. The minimum absolute atomic E-state index is 0.188. The van der Waals surface area contributed by atoms with E-state index in [2.05, 4.69) is 27.0 Å². The number of carbonyl (C=O) groups is 1. The molecule has 0 bridgehead atoms. The van der Waals surface area contributed by atoms with Gasteiger partial charge in [0.1, 0.15) is 16.4 Å². The highest BCUT2D eigenvalue weighted by Crippen LogP contribution is 2.46. The van der Waals surface area contributed by atoms with Crippen LogP contribution in [-0.4, -0.2) is 39.1 Å². The third kappa shape index (κ3) is 4.33. The first-order valence-corrected chi connectivity index (χ1v) is 11.3. The van der Waals surface area contributed by atoms with Gasteiger partial charge in [-0.2, -0.15) is 0 Å². The summed E-state index contributed by atoms with van der Waals surface area (Å²) in [4.78, 5) is 18.8. The quantitative estimate of drug-likeness (QED) is 0.479. The van der Waals surface area contributed by atoms with Crippen molar-refractivity contribution in [3.63, 3.8) is 0 Å². The number of halogens is 2. The predicted octanol–water partition coefficient (Wildman–Crippen LogP) is 6.33. The Morgan fingerprint density at radius 1 is 1.28 bits per heavy atom. The number of rotatable bonds is 1. The Bertz CT molecular complexity index is 968. The zero-order chi connectivity index (χ0) is 20.8. The number of allylic oxidation sites excluding steroid dienone is 2. The van der Waals surface area contributed by atoms with Gasteiger partial charge in [-0.25, -0.2) is 9.78 Å². The van der Waals surface area contributed by atoms with Crippen molar-refractivity contribution in [2.45, 2.75) is 58.5 Å². The first-order valence-electron chi connectivity index (χ1n) is 10.2. The Morgan fingerprint density at radius 2 is 2.00 bits per heavy atom. The molecule has 2 aliphatic rings. The van der Waals surface area contributed by atoms with E-state index >= 15 is 0 Å². The SMILES string of the molecule is CC(C)(C)OC(=O)N1CCC2(CC=C(c3cc(Cl)n4cc(Br)cnc34)CC2)CC1. The first-order chi connectivity index (χ1) is 13.7. The molecule has 2 aromatic rings. The standard InChI is InChI=1S/C22H27BrClN3O2/c1-21(2,3)29-20(28)26-10-8-22(9-11-26)6-4-15(5-7-22)17-12-18(24)27-14-16(23)13-25-19(17)27/h4,12-14H,5-11H2,1-3H3. The number of nitrogens with zero attached hydrogens (tertiary/aromatic N) is 3. The highest BCUT2D eigenvalue weighted by molar-refractivity contribution is 9.10. The molecule has 0 aromatic carbocycles. The van der Waals surface area contributed by atoms with Gasteiger partial charge in [-0.3, -0.25) is 4.40 Å². The number of aromatic nitrogens is 2. The molecule has 3 heterocycles. The number of carbonyl (C=O) groups excluding carboxylic acids is 1. The van der Waals surface area contributed by atoms with Crippen LogP contribution in [0.2, 0.25) is 5.15 Å².